The van der Waals surface area contributed by atoms with Gasteiger partial charge in [0.15, 0.2) is 0 Å². The third-order valence-corrected chi connectivity index (χ3v) is 3.22. The van der Waals surface area contributed by atoms with Crippen LogP contribution in [-0.2, 0) is 13.1 Å². The molecule has 0 radical (unpaired) electrons. The van der Waals surface area contributed by atoms with E-state index in [4.69, 9.17) is 11.6 Å². The molecule has 0 bridgehead atoms. The Kier molecular flexibility index (Phi) is 4.99. The molecule has 0 heterocycles. The van der Waals surface area contributed by atoms with Crippen LogP contribution in [0.3, 0.4) is 0 Å². The molecule has 0 saturated heterocycles. The van der Waals surface area contributed by atoms with E-state index in [9.17, 15) is 4.39 Å². The Bertz CT molecular complexity index is 567. The van der Waals surface area contributed by atoms with Crippen molar-refractivity contribution in [2.45, 2.75) is 13.1 Å². The fourth-order valence-electron chi connectivity index (χ4n) is 1.95. The monoisotopic (exact) mass is 292 g/mol. The van der Waals surface area contributed by atoms with Gasteiger partial charge < -0.3 is 10.2 Å². The number of anilines is 1. The maximum atomic E-state index is 13.1. The maximum absolute atomic E-state index is 13.1. The second-order valence-electron chi connectivity index (χ2n) is 5.04. The number of rotatable bonds is 5. The number of hydrogen-bond acceptors (Lipinski definition) is 2. The lowest BCUT2D eigenvalue weighted by Gasteiger charge is -2.11. The molecule has 0 atom stereocenters. The summed E-state index contributed by atoms with van der Waals surface area (Å²) in [6.07, 6.45) is 0. The van der Waals surface area contributed by atoms with Crippen LogP contribution < -0.4 is 5.32 Å². The molecule has 4 heteroatoms. The van der Waals surface area contributed by atoms with Crippen molar-refractivity contribution in [1.29, 1.82) is 0 Å². The summed E-state index contributed by atoms with van der Waals surface area (Å²) in [4.78, 5) is 2.13. The van der Waals surface area contributed by atoms with E-state index in [1.165, 1.54) is 11.6 Å². The Hall–Kier alpha value is -1.58. The summed E-state index contributed by atoms with van der Waals surface area (Å²) in [6.45, 7) is 1.54. The highest BCUT2D eigenvalue weighted by molar-refractivity contribution is 6.30. The standard InChI is InChI=1S/C16H18ClFN2/c1-20(2)11-12-3-6-14(7-4-12)19-10-13-5-8-16(18)15(17)9-13/h3-9,19H,10-11H2,1-2H3. The lowest BCUT2D eigenvalue weighted by Crippen LogP contribution is -2.10. The minimum absolute atomic E-state index is 0.158. The van der Waals surface area contributed by atoms with E-state index in [-0.39, 0.29) is 10.8 Å². The van der Waals surface area contributed by atoms with Crippen molar-refractivity contribution in [2.24, 2.45) is 0 Å². The van der Waals surface area contributed by atoms with Gasteiger partial charge in [-0.3, -0.25) is 0 Å². The third-order valence-electron chi connectivity index (χ3n) is 2.93. The summed E-state index contributed by atoms with van der Waals surface area (Å²) in [5, 5.41) is 3.45. The van der Waals surface area contributed by atoms with Gasteiger partial charge in [-0.05, 0) is 49.5 Å². The molecule has 0 saturated carbocycles. The van der Waals surface area contributed by atoms with Gasteiger partial charge in [-0.1, -0.05) is 29.8 Å². The molecule has 0 spiro atoms. The maximum Gasteiger partial charge on any atom is 0.141 e. The lowest BCUT2D eigenvalue weighted by molar-refractivity contribution is 0.402. The van der Waals surface area contributed by atoms with Crippen LogP contribution in [0.15, 0.2) is 42.5 Å². The Morgan fingerprint density at radius 3 is 2.30 bits per heavy atom. The molecule has 0 aliphatic heterocycles. The van der Waals surface area contributed by atoms with Gasteiger partial charge in [0.2, 0.25) is 0 Å². The molecule has 2 aromatic carbocycles. The molecule has 20 heavy (non-hydrogen) atoms. The van der Waals surface area contributed by atoms with Gasteiger partial charge in [0.05, 0.1) is 5.02 Å². The van der Waals surface area contributed by atoms with E-state index < -0.39 is 0 Å². The first kappa shape index (κ1) is 14.8. The summed E-state index contributed by atoms with van der Waals surface area (Å²) < 4.78 is 13.1. The van der Waals surface area contributed by atoms with Crippen LogP contribution in [0.25, 0.3) is 0 Å². The van der Waals surface area contributed by atoms with Crippen LogP contribution >= 0.6 is 11.6 Å². The Labute approximate surface area is 124 Å². The quantitative estimate of drug-likeness (QED) is 0.890. The molecule has 0 amide bonds. The topological polar surface area (TPSA) is 15.3 Å². The number of nitrogens with one attached hydrogen (secondary N) is 1. The molecule has 0 aliphatic carbocycles. The van der Waals surface area contributed by atoms with Crippen molar-refractivity contribution in [3.8, 4) is 0 Å². The van der Waals surface area contributed by atoms with E-state index in [1.54, 1.807) is 12.1 Å². The summed E-state index contributed by atoms with van der Waals surface area (Å²) in [7, 11) is 4.09. The highest BCUT2D eigenvalue weighted by Crippen LogP contribution is 2.17. The zero-order valence-electron chi connectivity index (χ0n) is 11.7. The molecule has 2 rings (SSSR count). The van der Waals surface area contributed by atoms with Gasteiger partial charge in [0, 0.05) is 18.8 Å². The number of hydrogen-bond donors (Lipinski definition) is 1. The highest BCUT2D eigenvalue weighted by atomic mass is 35.5. The van der Waals surface area contributed by atoms with Crippen LogP contribution in [-0.4, -0.2) is 19.0 Å². The minimum Gasteiger partial charge on any atom is -0.381 e. The number of nitrogens with zero attached hydrogens (tertiary/aromatic N) is 1. The SMILES string of the molecule is CN(C)Cc1ccc(NCc2ccc(F)c(Cl)c2)cc1. The Balaban J connectivity index is 1.95. The molecule has 2 nitrogen and oxygen atoms in total. The largest absolute Gasteiger partial charge is 0.381 e. The fraction of sp³-hybridized carbons (Fsp3) is 0.250. The molecule has 106 valence electrons. The van der Waals surface area contributed by atoms with Crippen LogP contribution in [0, 0.1) is 5.82 Å². The van der Waals surface area contributed by atoms with Crippen LogP contribution in [0.5, 0.6) is 0 Å². The average molecular weight is 293 g/mol. The fourth-order valence-corrected chi connectivity index (χ4v) is 2.15. The Morgan fingerprint density at radius 1 is 1.05 bits per heavy atom. The number of halogens is 2. The van der Waals surface area contributed by atoms with Crippen LogP contribution in [0.1, 0.15) is 11.1 Å². The summed E-state index contributed by atoms with van der Waals surface area (Å²) in [6, 6.07) is 13.0. The Morgan fingerprint density at radius 2 is 1.70 bits per heavy atom. The first-order valence-corrected chi connectivity index (χ1v) is 6.84. The molecule has 0 aromatic heterocycles. The first-order valence-electron chi connectivity index (χ1n) is 6.46. The zero-order chi connectivity index (χ0) is 14.5. The molecule has 0 aliphatic rings. The highest BCUT2D eigenvalue weighted by Gasteiger charge is 2.01. The lowest BCUT2D eigenvalue weighted by atomic mass is 10.2. The van der Waals surface area contributed by atoms with Gasteiger partial charge in [-0.2, -0.15) is 0 Å². The van der Waals surface area contributed by atoms with E-state index in [1.807, 2.05) is 26.2 Å². The van der Waals surface area contributed by atoms with Gasteiger partial charge in [0.25, 0.3) is 0 Å². The van der Waals surface area contributed by atoms with Crippen molar-refractivity contribution in [2.75, 3.05) is 19.4 Å². The smallest absolute Gasteiger partial charge is 0.141 e. The summed E-state index contributed by atoms with van der Waals surface area (Å²) in [5.74, 6) is -0.386. The van der Waals surface area contributed by atoms with Crippen LogP contribution in [0.4, 0.5) is 10.1 Å². The van der Waals surface area contributed by atoms with E-state index >= 15 is 0 Å². The molecule has 0 fully saturated rings. The van der Waals surface area contributed by atoms with Crippen molar-refractivity contribution < 1.29 is 4.39 Å². The normalized spacial score (nSPS) is 10.8. The molecule has 1 N–H and O–H groups in total. The van der Waals surface area contributed by atoms with E-state index in [0.29, 0.717) is 6.54 Å². The van der Waals surface area contributed by atoms with Crippen molar-refractivity contribution in [1.82, 2.24) is 4.90 Å². The summed E-state index contributed by atoms with van der Waals surface area (Å²) in [5.41, 5.74) is 3.26. The van der Waals surface area contributed by atoms with Crippen molar-refractivity contribution in [3.63, 3.8) is 0 Å². The van der Waals surface area contributed by atoms with Gasteiger partial charge in [0.1, 0.15) is 5.82 Å². The van der Waals surface area contributed by atoms with Crippen LogP contribution in [0.2, 0.25) is 5.02 Å². The van der Waals surface area contributed by atoms with E-state index in [2.05, 4.69) is 22.3 Å². The van der Waals surface area contributed by atoms with Gasteiger partial charge in [-0.25, -0.2) is 4.39 Å². The van der Waals surface area contributed by atoms with E-state index in [0.717, 1.165) is 17.8 Å². The van der Waals surface area contributed by atoms with Crippen molar-refractivity contribution in [3.05, 3.63) is 64.4 Å². The number of benzene rings is 2. The second-order valence-corrected chi connectivity index (χ2v) is 5.44. The average Bonchev–Trinajstić information content (AvgIpc) is 2.41. The second kappa shape index (κ2) is 6.73. The first-order chi connectivity index (χ1) is 9.54. The molecular formula is C16H18ClFN2. The summed E-state index contributed by atoms with van der Waals surface area (Å²) >= 11 is 5.76. The molecule has 0 unspecified atom stereocenters. The van der Waals surface area contributed by atoms with Gasteiger partial charge >= 0.3 is 0 Å². The molecule has 2 aromatic rings. The predicted molar refractivity (Wildman–Crippen MR) is 82.6 cm³/mol. The molecular weight excluding hydrogens is 275 g/mol. The van der Waals surface area contributed by atoms with Gasteiger partial charge in [-0.15, -0.1) is 0 Å². The minimum atomic E-state index is -0.386. The van der Waals surface area contributed by atoms with Crippen molar-refractivity contribution >= 4 is 17.3 Å². The zero-order valence-corrected chi connectivity index (χ0v) is 12.4. The third kappa shape index (κ3) is 4.22. The predicted octanol–water partition coefficient (Wildman–Crippen LogP) is 4.15.